The lowest BCUT2D eigenvalue weighted by Gasteiger charge is -2.25. The molecule has 7 heteroatoms. The van der Waals surface area contributed by atoms with Crippen molar-refractivity contribution >= 4 is 23.4 Å². The Kier molecular flexibility index (Phi) is 6.39. The number of rotatable bonds is 8. The number of fused-ring (bicyclic) bond motifs is 1. The van der Waals surface area contributed by atoms with Gasteiger partial charge >= 0.3 is 0 Å². The normalized spacial score (nSPS) is 12.0. The minimum absolute atomic E-state index is 0.0756. The fraction of sp³-hybridized carbons (Fsp3) is 0.217. The molecular weight excluding hydrogens is 394 g/mol. The summed E-state index contributed by atoms with van der Waals surface area (Å²) in [5, 5.41) is 4.66. The van der Waals surface area contributed by atoms with Crippen LogP contribution in [0.1, 0.15) is 18.1 Å². The van der Waals surface area contributed by atoms with Crippen molar-refractivity contribution in [2.75, 3.05) is 6.54 Å². The minimum Gasteiger partial charge on any atom is -0.337 e. The molecule has 2 heterocycles. The average Bonchev–Trinajstić information content (AvgIpc) is 3.19. The predicted molar refractivity (Wildman–Crippen MR) is 118 cm³/mol. The number of hydrogen-bond acceptors (Lipinski definition) is 5. The third-order valence-corrected chi connectivity index (χ3v) is 5.71. The number of benzene rings is 2. The summed E-state index contributed by atoms with van der Waals surface area (Å²) in [5.41, 5.74) is 2.34. The van der Waals surface area contributed by atoms with E-state index in [1.54, 1.807) is 23.0 Å². The Balaban J connectivity index is 1.47. The van der Waals surface area contributed by atoms with Gasteiger partial charge in [0.25, 0.3) is 5.78 Å². The lowest BCUT2D eigenvalue weighted by atomic mass is 10.1. The minimum atomic E-state index is -0.304. The second-order valence-electron chi connectivity index (χ2n) is 7.00. The van der Waals surface area contributed by atoms with Crippen LogP contribution in [0.25, 0.3) is 5.78 Å². The van der Waals surface area contributed by atoms with Gasteiger partial charge in [0.1, 0.15) is 0 Å². The molecule has 0 N–H and O–H groups in total. The first kappa shape index (κ1) is 20.1. The van der Waals surface area contributed by atoms with E-state index in [-0.39, 0.29) is 11.2 Å². The van der Waals surface area contributed by atoms with Crippen LogP contribution < -0.4 is 0 Å². The van der Waals surface area contributed by atoms with Gasteiger partial charge in [-0.1, -0.05) is 72.4 Å². The van der Waals surface area contributed by atoms with Crippen molar-refractivity contribution < 1.29 is 4.79 Å². The van der Waals surface area contributed by atoms with Crippen molar-refractivity contribution in [2.45, 2.75) is 30.3 Å². The van der Waals surface area contributed by atoms with Gasteiger partial charge < -0.3 is 4.90 Å². The lowest BCUT2D eigenvalue weighted by Crippen LogP contribution is -2.37. The zero-order valence-corrected chi connectivity index (χ0v) is 17.6. The standard InChI is InChI=1S/C23H23N5OS/c1-18(30-23-25-22-24-14-8-15-28(22)26-23)21(29)27(17-20-11-6-3-7-12-20)16-13-19-9-4-2-5-10-19/h2-12,14-15,18H,13,16-17H2,1H3. The summed E-state index contributed by atoms with van der Waals surface area (Å²) in [6, 6.07) is 22.1. The van der Waals surface area contributed by atoms with Crippen LogP contribution >= 0.6 is 11.8 Å². The molecule has 1 unspecified atom stereocenters. The number of carbonyl (C=O) groups excluding carboxylic acids is 1. The summed E-state index contributed by atoms with van der Waals surface area (Å²) >= 11 is 1.36. The molecule has 1 atom stereocenters. The molecule has 4 rings (SSSR count). The molecule has 2 aromatic heterocycles. The second kappa shape index (κ2) is 9.54. The van der Waals surface area contributed by atoms with Crippen molar-refractivity contribution in [1.29, 1.82) is 0 Å². The van der Waals surface area contributed by atoms with E-state index >= 15 is 0 Å². The number of carbonyl (C=O) groups is 1. The maximum atomic E-state index is 13.3. The maximum Gasteiger partial charge on any atom is 0.253 e. The van der Waals surface area contributed by atoms with Gasteiger partial charge in [0, 0.05) is 25.5 Å². The van der Waals surface area contributed by atoms with Crippen LogP contribution in [0, 0.1) is 0 Å². The summed E-state index contributed by atoms with van der Waals surface area (Å²) in [4.78, 5) is 23.8. The Morgan fingerprint density at radius 2 is 1.73 bits per heavy atom. The summed E-state index contributed by atoms with van der Waals surface area (Å²) in [6.07, 6.45) is 4.29. The molecule has 6 nitrogen and oxygen atoms in total. The van der Waals surface area contributed by atoms with Crippen LogP contribution in [0.15, 0.2) is 84.3 Å². The van der Waals surface area contributed by atoms with Crippen molar-refractivity contribution in [2.24, 2.45) is 0 Å². The van der Waals surface area contributed by atoms with Crippen molar-refractivity contribution in [3.05, 3.63) is 90.3 Å². The Labute approximate surface area is 180 Å². The van der Waals surface area contributed by atoms with Crippen LogP contribution in [-0.2, 0) is 17.8 Å². The highest BCUT2D eigenvalue weighted by Gasteiger charge is 2.23. The van der Waals surface area contributed by atoms with E-state index in [0.717, 1.165) is 12.0 Å². The molecule has 0 saturated carbocycles. The van der Waals surface area contributed by atoms with Crippen molar-refractivity contribution in [3.8, 4) is 0 Å². The SMILES string of the molecule is CC(Sc1nc2ncccn2n1)C(=O)N(CCc1ccccc1)Cc1ccccc1. The second-order valence-corrected chi connectivity index (χ2v) is 8.31. The highest BCUT2D eigenvalue weighted by molar-refractivity contribution is 8.00. The van der Waals surface area contributed by atoms with Crippen LogP contribution in [-0.4, -0.2) is 42.2 Å². The van der Waals surface area contributed by atoms with Gasteiger partial charge in [-0.3, -0.25) is 4.79 Å². The smallest absolute Gasteiger partial charge is 0.253 e. The van der Waals surface area contributed by atoms with E-state index in [2.05, 4.69) is 39.3 Å². The van der Waals surface area contributed by atoms with Crippen LogP contribution in [0.5, 0.6) is 0 Å². The van der Waals surface area contributed by atoms with Crippen LogP contribution in [0.2, 0.25) is 0 Å². The third kappa shape index (κ3) is 5.04. The molecule has 0 aliphatic heterocycles. The Bertz CT molecular complexity index is 1070. The van der Waals surface area contributed by atoms with Crippen molar-refractivity contribution in [1.82, 2.24) is 24.5 Å². The topological polar surface area (TPSA) is 63.4 Å². The monoisotopic (exact) mass is 417 g/mol. The number of aromatic nitrogens is 4. The van der Waals surface area contributed by atoms with Gasteiger partial charge in [0.05, 0.1) is 5.25 Å². The first-order valence-electron chi connectivity index (χ1n) is 9.90. The molecule has 0 bridgehead atoms. The molecular formula is C23H23N5OS. The number of thioether (sulfide) groups is 1. The van der Waals surface area contributed by atoms with E-state index in [9.17, 15) is 4.79 Å². The molecule has 2 aromatic carbocycles. The number of nitrogens with zero attached hydrogens (tertiary/aromatic N) is 5. The molecule has 0 spiro atoms. The zero-order valence-electron chi connectivity index (χ0n) is 16.8. The predicted octanol–water partition coefficient (Wildman–Crippen LogP) is 3.88. The summed E-state index contributed by atoms with van der Waals surface area (Å²) in [7, 11) is 0. The molecule has 1 amide bonds. The Morgan fingerprint density at radius 1 is 1.03 bits per heavy atom. The largest absolute Gasteiger partial charge is 0.337 e. The Hall–Kier alpha value is -3.19. The zero-order chi connectivity index (χ0) is 20.8. The lowest BCUT2D eigenvalue weighted by molar-refractivity contribution is -0.130. The fourth-order valence-corrected chi connectivity index (χ4v) is 4.04. The summed E-state index contributed by atoms with van der Waals surface area (Å²) < 4.78 is 1.62. The molecule has 152 valence electrons. The molecule has 30 heavy (non-hydrogen) atoms. The van der Waals surface area contributed by atoms with Gasteiger partial charge in [-0.2, -0.15) is 4.98 Å². The van der Waals surface area contributed by atoms with Crippen molar-refractivity contribution in [3.63, 3.8) is 0 Å². The maximum absolute atomic E-state index is 13.3. The Morgan fingerprint density at radius 3 is 2.43 bits per heavy atom. The molecule has 0 fully saturated rings. The van der Waals surface area contributed by atoms with E-state index in [1.807, 2.05) is 48.2 Å². The first-order valence-corrected chi connectivity index (χ1v) is 10.8. The summed E-state index contributed by atoms with van der Waals surface area (Å²) in [5.74, 6) is 0.608. The first-order chi connectivity index (χ1) is 14.7. The highest BCUT2D eigenvalue weighted by Crippen LogP contribution is 2.22. The quantitative estimate of drug-likeness (QED) is 0.407. The molecule has 0 saturated heterocycles. The van der Waals surface area contributed by atoms with Gasteiger partial charge in [-0.05, 0) is 30.5 Å². The van der Waals surface area contributed by atoms with E-state index < -0.39 is 0 Å². The number of amides is 1. The van der Waals surface area contributed by atoms with Gasteiger partial charge in [-0.25, -0.2) is 9.50 Å². The molecule has 0 aliphatic carbocycles. The van der Waals surface area contributed by atoms with E-state index in [4.69, 9.17) is 0 Å². The van der Waals surface area contributed by atoms with Gasteiger partial charge in [-0.15, -0.1) is 5.10 Å². The molecule has 0 radical (unpaired) electrons. The fourth-order valence-electron chi connectivity index (χ4n) is 3.21. The summed E-state index contributed by atoms with van der Waals surface area (Å²) in [6.45, 7) is 3.15. The number of hydrogen-bond donors (Lipinski definition) is 0. The third-order valence-electron chi connectivity index (χ3n) is 4.77. The van der Waals surface area contributed by atoms with E-state index in [1.165, 1.54) is 17.3 Å². The van der Waals surface area contributed by atoms with Crippen LogP contribution in [0.3, 0.4) is 0 Å². The van der Waals surface area contributed by atoms with E-state index in [0.29, 0.717) is 24.0 Å². The van der Waals surface area contributed by atoms with Crippen LogP contribution in [0.4, 0.5) is 0 Å². The molecule has 4 aromatic rings. The van der Waals surface area contributed by atoms with Gasteiger partial charge in [0.15, 0.2) is 0 Å². The molecule has 0 aliphatic rings. The van der Waals surface area contributed by atoms with Gasteiger partial charge in [0.2, 0.25) is 11.1 Å². The highest BCUT2D eigenvalue weighted by atomic mass is 32.2. The average molecular weight is 418 g/mol.